The maximum Gasteiger partial charge on any atom is 0.296 e. The highest BCUT2D eigenvalue weighted by Crippen LogP contribution is 2.38. The van der Waals surface area contributed by atoms with Gasteiger partial charge in [0, 0.05) is 31.3 Å². The van der Waals surface area contributed by atoms with Crippen molar-refractivity contribution in [3.8, 4) is 11.8 Å². The van der Waals surface area contributed by atoms with Gasteiger partial charge in [-0.05, 0) is 25.5 Å². The zero-order valence-corrected chi connectivity index (χ0v) is 20.2. The summed E-state index contributed by atoms with van der Waals surface area (Å²) in [6.07, 6.45) is 2.79. The van der Waals surface area contributed by atoms with Crippen molar-refractivity contribution in [2.75, 3.05) is 0 Å². The molecule has 3 aromatic rings. The summed E-state index contributed by atoms with van der Waals surface area (Å²) in [5.74, 6) is -2.92. The van der Waals surface area contributed by atoms with Crippen LogP contribution in [0.15, 0.2) is 47.2 Å². The zero-order chi connectivity index (χ0) is 26.6. The summed E-state index contributed by atoms with van der Waals surface area (Å²) in [5, 5.41) is 22.3. The van der Waals surface area contributed by atoms with E-state index in [9.17, 15) is 24.8 Å². The number of carbonyl (C=O) groups is 2. The summed E-state index contributed by atoms with van der Waals surface area (Å²) in [6, 6.07) is 9.16. The van der Waals surface area contributed by atoms with E-state index in [-0.39, 0.29) is 11.5 Å². The van der Waals surface area contributed by atoms with Crippen molar-refractivity contribution in [2.24, 2.45) is 12.8 Å². The van der Waals surface area contributed by atoms with Crippen LogP contribution in [0.2, 0.25) is 0 Å². The minimum Gasteiger partial charge on any atom is -0.501 e. The van der Waals surface area contributed by atoms with Gasteiger partial charge in [0.2, 0.25) is 5.75 Å². The fraction of sp³-hybridized carbons (Fsp3) is 0.240. The van der Waals surface area contributed by atoms with Gasteiger partial charge in [0.1, 0.15) is 5.82 Å². The standard InChI is InChI=1S/C25H25N7O4/c1-13(23-31-21(22(34)25(36)32(23)4)24(35)30-17(10-27)12-33)20(18-8-6-5-7-16(18)9-26)19-11-28-14(2)15(3)29-19/h5-8,10-13,20,34H,27H2,1-4H3,(H,30,35)/b17-10+. The van der Waals surface area contributed by atoms with Crippen LogP contribution in [0.5, 0.6) is 5.75 Å². The summed E-state index contributed by atoms with van der Waals surface area (Å²) < 4.78 is 1.13. The van der Waals surface area contributed by atoms with Gasteiger partial charge in [0.25, 0.3) is 11.5 Å². The van der Waals surface area contributed by atoms with Crippen LogP contribution in [0.4, 0.5) is 0 Å². The third kappa shape index (κ3) is 4.83. The molecule has 2 aromatic heterocycles. The number of rotatable bonds is 7. The van der Waals surface area contributed by atoms with Crippen molar-refractivity contribution in [2.45, 2.75) is 32.6 Å². The molecule has 2 heterocycles. The largest absolute Gasteiger partial charge is 0.501 e. The Labute approximate surface area is 207 Å². The SMILES string of the molecule is Cc1ncc(C(c2ccccc2C#N)C(C)c2nc(C(=O)N/C(C=O)=C/N)c(O)c(=O)n2C)nc1C. The topological polar surface area (TPSA) is 177 Å². The molecule has 0 radical (unpaired) electrons. The average Bonchev–Trinajstić information content (AvgIpc) is 2.88. The molecule has 11 nitrogen and oxygen atoms in total. The van der Waals surface area contributed by atoms with E-state index in [0.717, 1.165) is 16.5 Å². The number of nitrogens with zero attached hydrogens (tertiary/aromatic N) is 5. The van der Waals surface area contributed by atoms with Crippen LogP contribution in [0.3, 0.4) is 0 Å². The molecule has 4 N–H and O–H groups in total. The number of aromatic hydroxyl groups is 1. The molecule has 0 bridgehead atoms. The highest BCUT2D eigenvalue weighted by molar-refractivity contribution is 5.98. The van der Waals surface area contributed by atoms with Crippen LogP contribution >= 0.6 is 0 Å². The summed E-state index contributed by atoms with van der Waals surface area (Å²) in [5.41, 5.74) is 6.62. The lowest BCUT2D eigenvalue weighted by Crippen LogP contribution is -2.32. The number of carbonyl (C=O) groups excluding carboxylic acids is 2. The second kappa shape index (κ2) is 10.6. The van der Waals surface area contributed by atoms with E-state index >= 15 is 0 Å². The molecule has 2 atom stereocenters. The fourth-order valence-corrected chi connectivity index (χ4v) is 3.89. The van der Waals surface area contributed by atoms with Crippen LogP contribution < -0.4 is 16.6 Å². The van der Waals surface area contributed by atoms with E-state index in [4.69, 9.17) is 5.73 Å². The molecular weight excluding hydrogens is 462 g/mol. The van der Waals surface area contributed by atoms with Crippen molar-refractivity contribution < 1.29 is 14.7 Å². The number of allylic oxidation sites excluding steroid dienone is 1. The molecule has 0 spiro atoms. The van der Waals surface area contributed by atoms with Crippen LogP contribution in [0, 0.1) is 25.2 Å². The monoisotopic (exact) mass is 487 g/mol. The Morgan fingerprint density at radius 1 is 1.25 bits per heavy atom. The first-order chi connectivity index (χ1) is 17.1. The van der Waals surface area contributed by atoms with Gasteiger partial charge in [0.15, 0.2) is 12.0 Å². The molecule has 0 aliphatic heterocycles. The lowest BCUT2D eigenvalue weighted by Gasteiger charge is -2.26. The van der Waals surface area contributed by atoms with Gasteiger partial charge in [-0.15, -0.1) is 0 Å². The number of aryl methyl sites for hydroxylation is 2. The Morgan fingerprint density at radius 3 is 2.56 bits per heavy atom. The molecule has 11 heteroatoms. The molecular formula is C25H25N7O4. The molecule has 1 aromatic carbocycles. The Kier molecular flexibility index (Phi) is 7.59. The van der Waals surface area contributed by atoms with Gasteiger partial charge in [-0.25, -0.2) is 4.98 Å². The fourth-order valence-electron chi connectivity index (χ4n) is 3.89. The van der Waals surface area contributed by atoms with E-state index in [1.807, 2.05) is 13.8 Å². The lowest BCUT2D eigenvalue weighted by molar-refractivity contribution is -0.105. The highest BCUT2D eigenvalue weighted by Gasteiger charge is 2.32. The first-order valence-electron chi connectivity index (χ1n) is 10.9. The molecule has 0 aliphatic rings. The van der Waals surface area contributed by atoms with Crippen LogP contribution in [-0.2, 0) is 11.8 Å². The van der Waals surface area contributed by atoms with Gasteiger partial charge >= 0.3 is 0 Å². The van der Waals surface area contributed by atoms with Crippen molar-refractivity contribution in [3.63, 3.8) is 0 Å². The molecule has 0 saturated heterocycles. The predicted octanol–water partition coefficient (Wildman–Crippen LogP) is 1.43. The number of nitriles is 1. The number of aromatic nitrogens is 4. The van der Waals surface area contributed by atoms with E-state index < -0.39 is 34.7 Å². The summed E-state index contributed by atoms with van der Waals surface area (Å²) in [4.78, 5) is 50.0. The minimum absolute atomic E-state index is 0.144. The van der Waals surface area contributed by atoms with Crippen molar-refractivity contribution >= 4 is 12.2 Å². The second-order valence-electron chi connectivity index (χ2n) is 8.16. The normalized spacial score (nSPS) is 12.9. The van der Waals surface area contributed by atoms with Gasteiger partial charge < -0.3 is 16.2 Å². The first kappa shape index (κ1) is 25.8. The predicted molar refractivity (Wildman–Crippen MR) is 130 cm³/mol. The average molecular weight is 488 g/mol. The molecule has 1 amide bonds. The minimum atomic E-state index is -0.984. The molecule has 3 rings (SSSR count). The maximum absolute atomic E-state index is 12.9. The van der Waals surface area contributed by atoms with E-state index in [2.05, 4.69) is 26.3 Å². The van der Waals surface area contributed by atoms with Gasteiger partial charge in [-0.2, -0.15) is 5.26 Å². The number of nitrogens with one attached hydrogen (secondary N) is 1. The Balaban J connectivity index is 2.25. The summed E-state index contributed by atoms with van der Waals surface area (Å²) in [7, 11) is 1.42. The third-order valence-electron chi connectivity index (χ3n) is 5.93. The quantitative estimate of drug-likeness (QED) is 0.328. The van der Waals surface area contributed by atoms with Crippen molar-refractivity contribution in [1.82, 2.24) is 24.8 Å². The smallest absolute Gasteiger partial charge is 0.296 e. The van der Waals surface area contributed by atoms with E-state index in [1.54, 1.807) is 37.4 Å². The Hall–Kier alpha value is -4.85. The number of nitrogens with two attached hydrogens (primary N) is 1. The second-order valence-corrected chi connectivity index (χ2v) is 8.16. The number of amides is 1. The third-order valence-corrected chi connectivity index (χ3v) is 5.93. The van der Waals surface area contributed by atoms with Gasteiger partial charge in [-0.3, -0.25) is 28.9 Å². The summed E-state index contributed by atoms with van der Waals surface area (Å²) >= 11 is 0. The van der Waals surface area contributed by atoms with Crippen LogP contribution in [0.1, 0.15) is 63.3 Å². The molecule has 0 fully saturated rings. The highest BCUT2D eigenvalue weighted by atomic mass is 16.3. The molecule has 0 aliphatic carbocycles. The van der Waals surface area contributed by atoms with Gasteiger partial charge in [0.05, 0.1) is 34.4 Å². The van der Waals surface area contributed by atoms with E-state index in [1.165, 1.54) is 7.05 Å². The Morgan fingerprint density at radius 2 is 1.94 bits per heavy atom. The molecule has 2 unspecified atom stereocenters. The van der Waals surface area contributed by atoms with Gasteiger partial charge in [-0.1, -0.05) is 25.1 Å². The maximum atomic E-state index is 12.9. The molecule has 184 valence electrons. The van der Waals surface area contributed by atoms with Crippen LogP contribution in [-0.4, -0.2) is 36.8 Å². The van der Waals surface area contributed by atoms with Crippen molar-refractivity contribution in [3.05, 3.63) is 92.4 Å². The number of benzene rings is 1. The lowest BCUT2D eigenvalue weighted by atomic mass is 9.81. The molecule has 0 saturated carbocycles. The number of aldehydes is 1. The summed E-state index contributed by atoms with van der Waals surface area (Å²) in [6.45, 7) is 5.41. The van der Waals surface area contributed by atoms with Crippen molar-refractivity contribution in [1.29, 1.82) is 5.26 Å². The van der Waals surface area contributed by atoms with E-state index in [0.29, 0.717) is 28.8 Å². The zero-order valence-electron chi connectivity index (χ0n) is 20.2. The number of hydrogen-bond donors (Lipinski definition) is 3. The van der Waals surface area contributed by atoms with Crippen LogP contribution in [0.25, 0.3) is 0 Å². The molecule has 36 heavy (non-hydrogen) atoms. The number of hydrogen-bond acceptors (Lipinski definition) is 9. The first-order valence-corrected chi connectivity index (χ1v) is 10.9. The Bertz CT molecular complexity index is 1470.